The SMILES string of the molecule is Cc1ccc(C2(C#N)CCN(Cc3ccccc3)CC2)cc1C. The maximum Gasteiger partial charge on any atom is 0.0846 e. The Morgan fingerprint density at radius 1 is 1.00 bits per heavy atom. The Labute approximate surface area is 139 Å². The molecule has 0 saturated carbocycles. The molecular formula is C21H24N2. The number of hydrogen-bond acceptors (Lipinski definition) is 2. The first kappa shape index (κ1) is 15.8. The van der Waals surface area contributed by atoms with Crippen LogP contribution >= 0.6 is 0 Å². The van der Waals surface area contributed by atoms with Gasteiger partial charge in [-0.3, -0.25) is 4.90 Å². The molecule has 0 spiro atoms. The van der Waals surface area contributed by atoms with Crippen molar-refractivity contribution in [1.82, 2.24) is 4.90 Å². The first-order valence-electron chi connectivity index (χ1n) is 8.38. The second-order valence-corrected chi connectivity index (χ2v) is 6.75. The van der Waals surface area contributed by atoms with Gasteiger partial charge in [0.25, 0.3) is 0 Å². The van der Waals surface area contributed by atoms with Crippen molar-refractivity contribution in [3.63, 3.8) is 0 Å². The summed E-state index contributed by atoms with van der Waals surface area (Å²) < 4.78 is 0. The molecule has 1 heterocycles. The van der Waals surface area contributed by atoms with Crippen molar-refractivity contribution >= 4 is 0 Å². The van der Waals surface area contributed by atoms with E-state index in [4.69, 9.17) is 0 Å². The summed E-state index contributed by atoms with van der Waals surface area (Å²) >= 11 is 0. The van der Waals surface area contributed by atoms with Crippen LogP contribution in [0.1, 0.15) is 35.1 Å². The number of likely N-dealkylation sites (tertiary alicyclic amines) is 1. The zero-order valence-electron chi connectivity index (χ0n) is 14.0. The number of rotatable bonds is 3. The number of benzene rings is 2. The maximum absolute atomic E-state index is 9.86. The van der Waals surface area contributed by atoms with E-state index in [1.54, 1.807) is 0 Å². The fourth-order valence-corrected chi connectivity index (χ4v) is 3.44. The largest absolute Gasteiger partial charge is 0.299 e. The molecule has 2 nitrogen and oxygen atoms in total. The molecule has 3 rings (SSSR count). The summed E-state index contributed by atoms with van der Waals surface area (Å²) in [6, 6.07) is 19.7. The molecule has 1 saturated heterocycles. The van der Waals surface area contributed by atoms with E-state index >= 15 is 0 Å². The van der Waals surface area contributed by atoms with Gasteiger partial charge in [0, 0.05) is 19.6 Å². The van der Waals surface area contributed by atoms with Gasteiger partial charge in [0.2, 0.25) is 0 Å². The maximum atomic E-state index is 9.86. The van der Waals surface area contributed by atoms with E-state index in [0.717, 1.165) is 32.5 Å². The molecule has 1 fully saturated rings. The third-order valence-corrected chi connectivity index (χ3v) is 5.23. The predicted octanol–water partition coefficient (Wildman–Crippen LogP) is 4.36. The summed E-state index contributed by atoms with van der Waals surface area (Å²) in [6.07, 6.45) is 1.83. The Balaban J connectivity index is 1.72. The molecular weight excluding hydrogens is 280 g/mol. The summed E-state index contributed by atoms with van der Waals surface area (Å²) in [6.45, 7) is 7.20. The second kappa shape index (κ2) is 6.56. The highest BCUT2D eigenvalue weighted by Gasteiger charge is 2.36. The molecule has 2 heteroatoms. The Kier molecular flexibility index (Phi) is 4.50. The van der Waals surface area contributed by atoms with Crippen LogP contribution in [-0.2, 0) is 12.0 Å². The van der Waals surface area contributed by atoms with Gasteiger partial charge in [0.1, 0.15) is 0 Å². The highest BCUT2D eigenvalue weighted by Crippen LogP contribution is 2.36. The first-order valence-corrected chi connectivity index (χ1v) is 8.38. The lowest BCUT2D eigenvalue weighted by atomic mass is 9.73. The van der Waals surface area contributed by atoms with Crippen molar-refractivity contribution in [2.45, 2.75) is 38.6 Å². The summed E-state index contributed by atoms with van der Waals surface area (Å²) in [5.41, 5.74) is 4.81. The van der Waals surface area contributed by atoms with Crippen LogP contribution in [0.2, 0.25) is 0 Å². The lowest BCUT2D eigenvalue weighted by Crippen LogP contribution is -2.41. The molecule has 23 heavy (non-hydrogen) atoms. The van der Waals surface area contributed by atoms with E-state index in [2.05, 4.69) is 73.3 Å². The standard InChI is InChI=1S/C21H24N2/c1-17-8-9-20(14-18(17)2)21(16-22)10-12-23(13-11-21)15-19-6-4-3-5-7-19/h3-9,14H,10-13,15H2,1-2H3. The molecule has 0 bridgehead atoms. The van der Waals surface area contributed by atoms with Crippen molar-refractivity contribution in [3.8, 4) is 6.07 Å². The predicted molar refractivity (Wildman–Crippen MR) is 94.2 cm³/mol. The van der Waals surface area contributed by atoms with Crippen molar-refractivity contribution in [2.75, 3.05) is 13.1 Å². The van der Waals surface area contributed by atoms with Crippen molar-refractivity contribution in [1.29, 1.82) is 5.26 Å². The average Bonchev–Trinajstić information content (AvgIpc) is 2.59. The Morgan fingerprint density at radius 3 is 2.30 bits per heavy atom. The van der Waals surface area contributed by atoms with Gasteiger partial charge in [-0.05, 0) is 48.9 Å². The molecule has 1 aliphatic heterocycles. The third-order valence-electron chi connectivity index (χ3n) is 5.23. The molecule has 0 amide bonds. The molecule has 2 aromatic rings. The zero-order valence-corrected chi connectivity index (χ0v) is 14.0. The summed E-state index contributed by atoms with van der Waals surface area (Å²) in [5.74, 6) is 0. The van der Waals surface area contributed by atoms with Crippen LogP contribution < -0.4 is 0 Å². The average molecular weight is 304 g/mol. The van der Waals surface area contributed by atoms with Gasteiger partial charge < -0.3 is 0 Å². The quantitative estimate of drug-likeness (QED) is 0.842. The molecule has 0 radical (unpaired) electrons. The van der Waals surface area contributed by atoms with E-state index in [1.807, 2.05) is 0 Å². The topological polar surface area (TPSA) is 27.0 Å². The number of piperidine rings is 1. The molecule has 118 valence electrons. The molecule has 1 aliphatic rings. The number of nitriles is 1. The van der Waals surface area contributed by atoms with Crippen LogP contribution in [0.5, 0.6) is 0 Å². The van der Waals surface area contributed by atoms with Crippen LogP contribution in [0, 0.1) is 25.2 Å². The number of nitrogens with zero attached hydrogens (tertiary/aromatic N) is 2. The number of hydrogen-bond donors (Lipinski definition) is 0. The lowest BCUT2D eigenvalue weighted by molar-refractivity contribution is 0.179. The summed E-state index contributed by atoms with van der Waals surface area (Å²) in [4.78, 5) is 2.46. The van der Waals surface area contributed by atoms with Gasteiger partial charge in [-0.15, -0.1) is 0 Å². The van der Waals surface area contributed by atoms with Gasteiger partial charge in [-0.1, -0.05) is 48.5 Å². The van der Waals surface area contributed by atoms with Crippen LogP contribution in [0.25, 0.3) is 0 Å². The molecule has 0 aliphatic carbocycles. The van der Waals surface area contributed by atoms with Crippen LogP contribution in [-0.4, -0.2) is 18.0 Å². The Bertz CT molecular complexity index is 704. The minimum absolute atomic E-state index is 0.314. The minimum Gasteiger partial charge on any atom is -0.299 e. The summed E-state index contributed by atoms with van der Waals surface area (Å²) in [5, 5.41) is 9.86. The fourth-order valence-electron chi connectivity index (χ4n) is 3.44. The van der Waals surface area contributed by atoms with Crippen LogP contribution in [0.4, 0.5) is 0 Å². The van der Waals surface area contributed by atoms with Gasteiger partial charge in [0.05, 0.1) is 11.5 Å². The van der Waals surface area contributed by atoms with E-state index in [-0.39, 0.29) is 5.41 Å². The fraction of sp³-hybridized carbons (Fsp3) is 0.381. The van der Waals surface area contributed by atoms with Gasteiger partial charge in [0.15, 0.2) is 0 Å². The molecule has 0 aromatic heterocycles. The summed E-state index contributed by atoms with van der Waals surface area (Å²) in [7, 11) is 0. The van der Waals surface area contributed by atoms with Crippen molar-refractivity contribution in [3.05, 3.63) is 70.8 Å². The minimum atomic E-state index is -0.314. The van der Waals surface area contributed by atoms with Gasteiger partial charge in [-0.25, -0.2) is 0 Å². The highest BCUT2D eigenvalue weighted by atomic mass is 15.1. The lowest BCUT2D eigenvalue weighted by Gasteiger charge is -2.38. The van der Waals surface area contributed by atoms with Crippen molar-refractivity contribution < 1.29 is 0 Å². The van der Waals surface area contributed by atoms with E-state index < -0.39 is 0 Å². The zero-order chi connectivity index (χ0) is 16.3. The van der Waals surface area contributed by atoms with E-state index in [0.29, 0.717) is 0 Å². The van der Waals surface area contributed by atoms with Crippen LogP contribution in [0.15, 0.2) is 48.5 Å². The Morgan fingerprint density at radius 2 is 1.70 bits per heavy atom. The van der Waals surface area contributed by atoms with E-state index in [1.165, 1.54) is 22.3 Å². The van der Waals surface area contributed by atoms with Crippen LogP contribution in [0.3, 0.4) is 0 Å². The number of aryl methyl sites for hydroxylation is 2. The monoisotopic (exact) mass is 304 g/mol. The highest BCUT2D eigenvalue weighted by molar-refractivity contribution is 5.39. The van der Waals surface area contributed by atoms with Gasteiger partial charge in [-0.2, -0.15) is 5.26 Å². The first-order chi connectivity index (χ1) is 11.1. The Hall–Kier alpha value is -2.11. The van der Waals surface area contributed by atoms with Gasteiger partial charge >= 0.3 is 0 Å². The third kappa shape index (κ3) is 3.30. The van der Waals surface area contributed by atoms with Crippen molar-refractivity contribution in [2.24, 2.45) is 0 Å². The smallest absolute Gasteiger partial charge is 0.0846 e. The molecule has 2 aromatic carbocycles. The molecule has 0 atom stereocenters. The molecule has 0 unspecified atom stereocenters. The van der Waals surface area contributed by atoms with E-state index in [9.17, 15) is 5.26 Å². The second-order valence-electron chi connectivity index (χ2n) is 6.75. The molecule has 0 N–H and O–H groups in total. The normalized spacial score (nSPS) is 17.6.